The van der Waals surface area contributed by atoms with Crippen LogP contribution < -0.4 is 0 Å². The normalized spacial score (nSPS) is 47.5. The van der Waals surface area contributed by atoms with Crippen LogP contribution in [0, 0.1) is 17.3 Å². The molecule has 0 radical (unpaired) electrons. The Labute approximate surface area is 217 Å². The van der Waals surface area contributed by atoms with Gasteiger partial charge in [0.25, 0.3) is 0 Å². The van der Waals surface area contributed by atoms with Crippen LogP contribution in [-0.2, 0) is 18.9 Å². The van der Waals surface area contributed by atoms with E-state index in [1.165, 1.54) is 0 Å². The van der Waals surface area contributed by atoms with Crippen molar-refractivity contribution in [3.63, 3.8) is 0 Å². The zero-order valence-corrected chi connectivity index (χ0v) is 22.0. The minimum atomic E-state index is -1.49. The summed E-state index contributed by atoms with van der Waals surface area (Å²) in [5.74, 6) is 0.529. The molecule has 0 bridgehead atoms. The molecule has 12 heteroatoms. The van der Waals surface area contributed by atoms with Crippen molar-refractivity contribution in [2.75, 3.05) is 13.2 Å². The first-order valence-electron chi connectivity index (χ1n) is 13.2. The lowest BCUT2D eigenvalue weighted by Crippen LogP contribution is -2.60. The van der Waals surface area contributed by atoms with Crippen molar-refractivity contribution in [3.05, 3.63) is 0 Å². The summed E-state index contributed by atoms with van der Waals surface area (Å²) in [6.07, 6.45) is -10.9. The lowest BCUT2D eigenvalue weighted by atomic mass is 9.61. The maximum atomic E-state index is 10.3. The molecule has 3 fully saturated rings. The molecule has 12 nitrogen and oxygen atoms in total. The molecule has 1 saturated carbocycles. The maximum absolute atomic E-state index is 10.3. The molecule has 0 amide bonds. The van der Waals surface area contributed by atoms with Crippen molar-refractivity contribution in [1.29, 1.82) is 0 Å². The van der Waals surface area contributed by atoms with Gasteiger partial charge in [0.1, 0.15) is 48.8 Å². The Morgan fingerprint density at radius 3 is 1.84 bits per heavy atom. The van der Waals surface area contributed by atoms with Crippen LogP contribution in [0.1, 0.15) is 53.4 Å². The fourth-order valence-electron chi connectivity index (χ4n) is 6.21. The molecule has 37 heavy (non-hydrogen) atoms. The molecule has 2 aliphatic heterocycles. The third-order valence-electron chi connectivity index (χ3n) is 8.35. The van der Waals surface area contributed by atoms with E-state index in [1.807, 2.05) is 6.92 Å². The van der Waals surface area contributed by atoms with Crippen LogP contribution >= 0.6 is 0 Å². The molecule has 8 N–H and O–H groups in total. The van der Waals surface area contributed by atoms with E-state index in [2.05, 4.69) is 20.8 Å². The first-order valence-corrected chi connectivity index (χ1v) is 13.2. The van der Waals surface area contributed by atoms with E-state index in [9.17, 15) is 40.9 Å². The molecule has 3 rings (SSSR count). The van der Waals surface area contributed by atoms with Crippen molar-refractivity contribution in [2.45, 2.75) is 127 Å². The molecular formula is C25H46O12. The summed E-state index contributed by atoms with van der Waals surface area (Å²) >= 11 is 0. The highest BCUT2D eigenvalue weighted by Crippen LogP contribution is 2.48. The summed E-state index contributed by atoms with van der Waals surface area (Å²) in [5.41, 5.74) is -0.153. The Hall–Kier alpha value is -0.480. The Balaban J connectivity index is 1.53. The van der Waals surface area contributed by atoms with E-state index >= 15 is 0 Å². The standard InChI is InChI=1S/C25H46O12/c1-11-7-13(35-24-22(33)20(31)18(29)16(10-27)37-24)8-25(3,4)14(11)6-5-12(2)34-23-21(32)19(30)17(28)15(9-26)36-23/h11-24,26-33H,5-10H2,1-4H3/t11-,12-,13+,14+,15+,16+,17+,18+,19-,20-,21+,22+,23+,24+/m1/s1. The third kappa shape index (κ3) is 7.00. The SMILES string of the molecule is C[C@H](CC[C@H]1[C@H](C)C[C@H](O[C@H]2O[C@@H](CO)[C@H](O)[C@@H](O)[C@@H]2O)CC1(C)C)O[C@H]1O[C@@H](CO)[C@H](O)[C@@H](O)[C@@H]1O. The first-order chi connectivity index (χ1) is 17.3. The van der Waals surface area contributed by atoms with Crippen molar-refractivity contribution in [3.8, 4) is 0 Å². The van der Waals surface area contributed by atoms with Gasteiger partial charge in [0, 0.05) is 0 Å². The molecule has 3 aliphatic rings. The van der Waals surface area contributed by atoms with Gasteiger partial charge in [-0.25, -0.2) is 0 Å². The van der Waals surface area contributed by atoms with Gasteiger partial charge in [0.2, 0.25) is 0 Å². The molecule has 0 spiro atoms. The van der Waals surface area contributed by atoms with E-state index in [4.69, 9.17) is 18.9 Å². The van der Waals surface area contributed by atoms with Crippen LogP contribution in [-0.4, -0.2) is 128 Å². The van der Waals surface area contributed by atoms with E-state index in [0.29, 0.717) is 25.2 Å². The van der Waals surface area contributed by atoms with E-state index < -0.39 is 74.6 Å². The van der Waals surface area contributed by atoms with Gasteiger partial charge in [-0.05, 0) is 49.9 Å². The fraction of sp³-hybridized carbons (Fsp3) is 1.00. The summed E-state index contributed by atoms with van der Waals surface area (Å²) in [5, 5.41) is 79.3. The smallest absolute Gasteiger partial charge is 0.186 e. The molecule has 1 aliphatic carbocycles. The maximum Gasteiger partial charge on any atom is 0.186 e. The van der Waals surface area contributed by atoms with Crippen LogP contribution in [0.4, 0.5) is 0 Å². The average molecular weight is 539 g/mol. The molecule has 2 saturated heterocycles. The van der Waals surface area contributed by atoms with Gasteiger partial charge < -0.3 is 59.8 Å². The number of hydrogen-bond acceptors (Lipinski definition) is 12. The van der Waals surface area contributed by atoms with Crippen LogP contribution in [0.3, 0.4) is 0 Å². The van der Waals surface area contributed by atoms with Crippen molar-refractivity contribution in [1.82, 2.24) is 0 Å². The molecule has 218 valence electrons. The molecule has 0 unspecified atom stereocenters. The lowest BCUT2D eigenvalue weighted by Gasteiger charge is -2.48. The van der Waals surface area contributed by atoms with Gasteiger partial charge in [-0.15, -0.1) is 0 Å². The highest BCUT2D eigenvalue weighted by atomic mass is 16.7. The Kier molecular flexibility index (Phi) is 10.7. The van der Waals surface area contributed by atoms with E-state index in [-0.39, 0.29) is 23.5 Å². The topological polar surface area (TPSA) is 199 Å². The number of aliphatic hydroxyl groups is 8. The predicted octanol–water partition coefficient (Wildman–Crippen LogP) is -1.77. The fourth-order valence-corrected chi connectivity index (χ4v) is 6.21. The van der Waals surface area contributed by atoms with Gasteiger partial charge in [0.15, 0.2) is 12.6 Å². The van der Waals surface area contributed by atoms with Gasteiger partial charge in [-0.1, -0.05) is 20.8 Å². The minimum absolute atomic E-state index is 0.153. The Morgan fingerprint density at radius 1 is 0.811 bits per heavy atom. The Bertz CT molecular complexity index is 705. The van der Waals surface area contributed by atoms with Gasteiger partial charge in [-0.2, -0.15) is 0 Å². The van der Waals surface area contributed by atoms with Crippen LogP contribution in [0.5, 0.6) is 0 Å². The van der Waals surface area contributed by atoms with E-state index in [0.717, 1.165) is 6.42 Å². The Morgan fingerprint density at radius 2 is 1.32 bits per heavy atom. The monoisotopic (exact) mass is 538 g/mol. The van der Waals surface area contributed by atoms with Crippen LogP contribution in [0.15, 0.2) is 0 Å². The van der Waals surface area contributed by atoms with Gasteiger partial charge >= 0.3 is 0 Å². The number of aliphatic hydroxyl groups excluding tert-OH is 8. The van der Waals surface area contributed by atoms with Crippen LogP contribution in [0.25, 0.3) is 0 Å². The molecular weight excluding hydrogens is 492 g/mol. The number of rotatable bonds is 9. The highest BCUT2D eigenvalue weighted by Gasteiger charge is 2.48. The zero-order valence-electron chi connectivity index (χ0n) is 22.0. The lowest BCUT2D eigenvalue weighted by molar-refractivity contribution is -0.317. The first kappa shape index (κ1) is 31.1. The largest absolute Gasteiger partial charge is 0.394 e. The number of ether oxygens (including phenoxy) is 4. The quantitative estimate of drug-likeness (QED) is 0.165. The van der Waals surface area contributed by atoms with Crippen LogP contribution in [0.2, 0.25) is 0 Å². The van der Waals surface area contributed by atoms with Crippen molar-refractivity contribution < 1.29 is 59.8 Å². The van der Waals surface area contributed by atoms with Crippen molar-refractivity contribution >= 4 is 0 Å². The summed E-state index contributed by atoms with van der Waals surface area (Å²) in [4.78, 5) is 0. The molecule has 0 aromatic carbocycles. The van der Waals surface area contributed by atoms with Gasteiger partial charge in [0.05, 0.1) is 25.4 Å². The second-order valence-corrected chi connectivity index (χ2v) is 11.7. The zero-order chi connectivity index (χ0) is 27.7. The molecule has 0 aromatic rings. The second-order valence-electron chi connectivity index (χ2n) is 11.7. The van der Waals surface area contributed by atoms with E-state index in [1.54, 1.807) is 0 Å². The predicted molar refractivity (Wildman–Crippen MR) is 128 cm³/mol. The van der Waals surface area contributed by atoms with Gasteiger partial charge in [-0.3, -0.25) is 0 Å². The molecule has 2 heterocycles. The number of hydrogen-bond donors (Lipinski definition) is 8. The summed E-state index contributed by atoms with van der Waals surface area (Å²) < 4.78 is 22.8. The molecule has 0 aromatic heterocycles. The second kappa shape index (κ2) is 12.8. The third-order valence-corrected chi connectivity index (χ3v) is 8.35. The summed E-state index contributed by atoms with van der Waals surface area (Å²) in [7, 11) is 0. The minimum Gasteiger partial charge on any atom is -0.394 e. The highest BCUT2D eigenvalue weighted by molar-refractivity contribution is 4.94. The summed E-state index contributed by atoms with van der Waals surface area (Å²) in [6, 6.07) is 0. The summed E-state index contributed by atoms with van der Waals surface area (Å²) in [6.45, 7) is 7.22. The van der Waals surface area contributed by atoms with Crippen molar-refractivity contribution in [2.24, 2.45) is 17.3 Å². The average Bonchev–Trinajstić information content (AvgIpc) is 2.83. The molecule has 14 atom stereocenters.